The van der Waals surface area contributed by atoms with E-state index in [0.717, 1.165) is 12.0 Å². The van der Waals surface area contributed by atoms with E-state index in [0.29, 0.717) is 11.6 Å². The number of hydrogen-bond acceptors (Lipinski definition) is 3. The lowest BCUT2D eigenvalue weighted by Crippen LogP contribution is -2.28. The first-order valence-electron chi connectivity index (χ1n) is 7.46. The summed E-state index contributed by atoms with van der Waals surface area (Å²) in [5.74, 6) is -1.05. The van der Waals surface area contributed by atoms with Crippen molar-refractivity contribution in [2.24, 2.45) is 0 Å². The van der Waals surface area contributed by atoms with Crippen molar-refractivity contribution >= 4 is 35.1 Å². The Kier molecular flexibility index (Phi) is 6.64. The maximum absolute atomic E-state index is 11.9. The molecule has 1 amide bonds. The third kappa shape index (κ3) is 5.25. The Labute approximate surface area is 150 Å². The van der Waals surface area contributed by atoms with Crippen LogP contribution in [-0.2, 0) is 22.5 Å². The van der Waals surface area contributed by atoms with Gasteiger partial charge in [0.1, 0.15) is 0 Å². The van der Waals surface area contributed by atoms with Gasteiger partial charge < -0.3 is 10.1 Å². The van der Waals surface area contributed by atoms with Crippen LogP contribution in [0, 0.1) is 0 Å². The minimum absolute atomic E-state index is 0.170. The predicted molar refractivity (Wildman–Crippen MR) is 94.4 cm³/mol. The van der Waals surface area contributed by atoms with Crippen LogP contribution < -0.4 is 5.32 Å². The Morgan fingerprint density at radius 3 is 2.33 bits per heavy atom. The number of benzene rings is 2. The lowest BCUT2D eigenvalue weighted by Gasteiger charge is -2.08. The molecule has 0 aliphatic rings. The van der Waals surface area contributed by atoms with E-state index >= 15 is 0 Å². The van der Waals surface area contributed by atoms with Crippen LogP contribution in [0.25, 0.3) is 0 Å². The zero-order chi connectivity index (χ0) is 17.5. The number of ether oxygens (including phenoxy) is 1. The number of aryl methyl sites for hydroxylation is 1. The molecule has 1 N–H and O–H groups in total. The van der Waals surface area contributed by atoms with Gasteiger partial charge in [-0.1, -0.05) is 54.4 Å². The second-order valence-electron chi connectivity index (χ2n) is 5.15. The van der Waals surface area contributed by atoms with E-state index in [2.05, 4.69) is 12.2 Å². The third-order valence-corrected chi connectivity index (χ3v) is 3.95. The summed E-state index contributed by atoms with van der Waals surface area (Å²) in [5.41, 5.74) is 2.38. The highest BCUT2D eigenvalue weighted by Gasteiger charge is 2.14. The minimum atomic E-state index is -0.667. The number of nitrogens with one attached hydrogen (secondary N) is 1. The highest BCUT2D eigenvalue weighted by Crippen LogP contribution is 2.21. The fourth-order valence-electron chi connectivity index (χ4n) is 2.01. The molecule has 0 aliphatic heterocycles. The van der Waals surface area contributed by atoms with Gasteiger partial charge in [-0.3, -0.25) is 4.79 Å². The molecule has 2 aromatic rings. The predicted octanol–water partition coefficient (Wildman–Crippen LogP) is 4.03. The van der Waals surface area contributed by atoms with Crippen LogP contribution in [0.4, 0.5) is 0 Å². The SMILES string of the molecule is CCc1ccc(CNC(=O)COC(=O)c2ccc(Cl)cc2Cl)cc1. The lowest BCUT2D eigenvalue weighted by atomic mass is 10.1. The van der Waals surface area contributed by atoms with Crippen molar-refractivity contribution in [1.82, 2.24) is 5.32 Å². The van der Waals surface area contributed by atoms with Gasteiger partial charge >= 0.3 is 5.97 Å². The van der Waals surface area contributed by atoms with Crippen LogP contribution in [0.1, 0.15) is 28.4 Å². The summed E-state index contributed by atoms with van der Waals surface area (Å²) in [6, 6.07) is 12.4. The van der Waals surface area contributed by atoms with Crippen LogP contribution in [0.5, 0.6) is 0 Å². The van der Waals surface area contributed by atoms with Gasteiger partial charge in [0, 0.05) is 11.6 Å². The van der Waals surface area contributed by atoms with Gasteiger partial charge in [0.25, 0.3) is 5.91 Å². The molecule has 126 valence electrons. The zero-order valence-electron chi connectivity index (χ0n) is 13.1. The summed E-state index contributed by atoms with van der Waals surface area (Å²) in [6.07, 6.45) is 0.968. The van der Waals surface area contributed by atoms with Crippen LogP contribution in [0.3, 0.4) is 0 Å². The van der Waals surface area contributed by atoms with Crippen molar-refractivity contribution in [3.8, 4) is 0 Å². The first kappa shape index (κ1) is 18.3. The molecule has 2 aromatic carbocycles. The van der Waals surface area contributed by atoms with Crippen molar-refractivity contribution in [2.75, 3.05) is 6.61 Å². The fraction of sp³-hybridized carbons (Fsp3) is 0.222. The molecular weight excluding hydrogens is 349 g/mol. The average molecular weight is 366 g/mol. The average Bonchev–Trinajstić information content (AvgIpc) is 2.58. The quantitative estimate of drug-likeness (QED) is 0.786. The van der Waals surface area contributed by atoms with Gasteiger partial charge in [-0.15, -0.1) is 0 Å². The van der Waals surface area contributed by atoms with Crippen LogP contribution in [0.15, 0.2) is 42.5 Å². The maximum atomic E-state index is 11.9. The molecule has 0 aromatic heterocycles. The molecule has 2 rings (SSSR count). The molecule has 6 heteroatoms. The van der Waals surface area contributed by atoms with Crippen molar-refractivity contribution in [3.05, 3.63) is 69.2 Å². The molecule has 0 aliphatic carbocycles. The Balaban J connectivity index is 1.80. The standard InChI is InChI=1S/C18H17Cl2NO3/c1-2-12-3-5-13(6-4-12)10-21-17(22)11-24-18(23)15-8-7-14(19)9-16(15)20/h3-9H,2,10-11H2,1H3,(H,21,22). The van der Waals surface area contributed by atoms with E-state index in [9.17, 15) is 9.59 Å². The molecule has 0 spiro atoms. The smallest absolute Gasteiger partial charge is 0.340 e. The molecular formula is C18H17Cl2NO3. The number of rotatable bonds is 6. The van der Waals surface area contributed by atoms with E-state index in [-0.39, 0.29) is 23.1 Å². The Morgan fingerprint density at radius 2 is 1.71 bits per heavy atom. The summed E-state index contributed by atoms with van der Waals surface area (Å²) < 4.78 is 4.96. The second kappa shape index (κ2) is 8.71. The van der Waals surface area contributed by atoms with E-state index in [1.165, 1.54) is 23.8 Å². The van der Waals surface area contributed by atoms with Gasteiger partial charge in [0.05, 0.1) is 10.6 Å². The molecule has 4 nitrogen and oxygen atoms in total. The van der Waals surface area contributed by atoms with Crippen molar-refractivity contribution in [3.63, 3.8) is 0 Å². The van der Waals surface area contributed by atoms with Gasteiger partial charge in [-0.2, -0.15) is 0 Å². The molecule has 0 saturated heterocycles. The molecule has 0 radical (unpaired) electrons. The number of carbonyl (C=O) groups is 2. The van der Waals surface area contributed by atoms with Crippen LogP contribution >= 0.6 is 23.2 Å². The fourth-order valence-corrected chi connectivity index (χ4v) is 2.49. The monoisotopic (exact) mass is 365 g/mol. The molecule has 0 heterocycles. The largest absolute Gasteiger partial charge is 0.452 e. The topological polar surface area (TPSA) is 55.4 Å². The molecule has 0 bridgehead atoms. The normalized spacial score (nSPS) is 10.3. The van der Waals surface area contributed by atoms with Gasteiger partial charge in [-0.05, 0) is 35.7 Å². The van der Waals surface area contributed by atoms with Gasteiger partial charge in [0.15, 0.2) is 6.61 Å². The molecule has 24 heavy (non-hydrogen) atoms. The first-order chi connectivity index (χ1) is 11.5. The van der Waals surface area contributed by atoms with E-state index in [4.69, 9.17) is 27.9 Å². The summed E-state index contributed by atoms with van der Waals surface area (Å²) in [7, 11) is 0. The summed E-state index contributed by atoms with van der Waals surface area (Å²) >= 11 is 11.7. The summed E-state index contributed by atoms with van der Waals surface area (Å²) in [6.45, 7) is 2.09. The van der Waals surface area contributed by atoms with E-state index < -0.39 is 5.97 Å². The summed E-state index contributed by atoms with van der Waals surface area (Å²) in [4.78, 5) is 23.7. The molecule has 0 saturated carbocycles. The second-order valence-corrected chi connectivity index (χ2v) is 5.99. The third-order valence-electron chi connectivity index (χ3n) is 3.41. The molecule has 0 unspecified atom stereocenters. The Hall–Kier alpha value is -2.04. The van der Waals surface area contributed by atoms with E-state index in [1.54, 1.807) is 0 Å². The van der Waals surface area contributed by atoms with Crippen molar-refractivity contribution in [1.29, 1.82) is 0 Å². The number of esters is 1. The number of carbonyl (C=O) groups excluding carboxylic acids is 2. The number of hydrogen-bond donors (Lipinski definition) is 1. The number of halogens is 2. The maximum Gasteiger partial charge on any atom is 0.340 e. The Morgan fingerprint density at radius 1 is 1.04 bits per heavy atom. The Bertz CT molecular complexity index is 730. The van der Waals surface area contributed by atoms with Crippen molar-refractivity contribution < 1.29 is 14.3 Å². The van der Waals surface area contributed by atoms with Gasteiger partial charge in [0.2, 0.25) is 0 Å². The summed E-state index contributed by atoms with van der Waals surface area (Å²) in [5, 5.41) is 3.30. The zero-order valence-corrected chi connectivity index (χ0v) is 14.7. The minimum Gasteiger partial charge on any atom is -0.452 e. The van der Waals surface area contributed by atoms with Crippen LogP contribution in [-0.4, -0.2) is 18.5 Å². The lowest BCUT2D eigenvalue weighted by molar-refractivity contribution is -0.124. The molecule has 0 atom stereocenters. The van der Waals surface area contributed by atoms with Crippen LogP contribution in [0.2, 0.25) is 10.0 Å². The first-order valence-corrected chi connectivity index (χ1v) is 8.22. The van der Waals surface area contributed by atoms with E-state index in [1.807, 2.05) is 24.3 Å². The number of amides is 1. The highest BCUT2D eigenvalue weighted by atomic mass is 35.5. The molecule has 0 fully saturated rings. The highest BCUT2D eigenvalue weighted by molar-refractivity contribution is 6.36. The van der Waals surface area contributed by atoms with Crippen molar-refractivity contribution in [2.45, 2.75) is 19.9 Å². The van der Waals surface area contributed by atoms with Gasteiger partial charge in [-0.25, -0.2) is 4.79 Å².